The van der Waals surface area contributed by atoms with E-state index >= 15 is 0 Å². The maximum atomic E-state index is 13.6. The summed E-state index contributed by atoms with van der Waals surface area (Å²) >= 11 is 6.06. The van der Waals surface area contributed by atoms with Crippen molar-refractivity contribution in [2.45, 2.75) is 52.5 Å². The van der Waals surface area contributed by atoms with Gasteiger partial charge in [-0.25, -0.2) is 4.79 Å². The van der Waals surface area contributed by atoms with Crippen molar-refractivity contribution in [2.24, 2.45) is 11.3 Å². The standard InChI is InChI=1S/C27H33ClN2O4/c1-5-17(2)23(29-24(31)19-7-6-8-20(15-19)26(33)34)25(32)30-14-13-22(27(3,4)16-30)18-9-11-21(28)12-10-18/h6-12,15,17,22-23H,5,13-14,16H2,1-4H3,(H,29,31)(H,33,34)/t17-,22?,23+/m0/s1. The van der Waals surface area contributed by atoms with Crippen LogP contribution in [0.5, 0.6) is 0 Å². The summed E-state index contributed by atoms with van der Waals surface area (Å²) in [4.78, 5) is 39.7. The van der Waals surface area contributed by atoms with Crippen molar-refractivity contribution in [3.8, 4) is 0 Å². The normalized spacial score (nSPS) is 19.2. The fourth-order valence-corrected chi connectivity index (χ4v) is 4.88. The number of benzene rings is 2. The molecule has 0 saturated carbocycles. The van der Waals surface area contributed by atoms with Gasteiger partial charge in [-0.1, -0.05) is 63.9 Å². The molecule has 0 spiro atoms. The fourth-order valence-electron chi connectivity index (χ4n) is 4.76. The Bertz CT molecular complexity index is 1050. The van der Waals surface area contributed by atoms with Gasteiger partial charge in [-0.2, -0.15) is 0 Å². The number of carboxylic acid groups (broad SMARTS) is 1. The van der Waals surface area contributed by atoms with Crippen LogP contribution in [0.2, 0.25) is 5.02 Å². The minimum Gasteiger partial charge on any atom is -0.478 e. The molecule has 7 heteroatoms. The number of amides is 2. The van der Waals surface area contributed by atoms with Gasteiger partial charge in [-0.05, 0) is 59.6 Å². The van der Waals surface area contributed by atoms with Gasteiger partial charge in [0.2, 0.25) is 5.91 Å². The number of likely N-dealkylation sites (tertiary alicyclic amines) is 1. The van der Waals surface area contributed by atoms with Crippen LogP contribution in [0, 0.1) is 11.3 Å². The lowest BCUT2D eigenvalue weighted by atomic mass is 9.70. The SMILES string of the molecule is CC[C@H](C)[C@@H](NC(=O)c1cccc(C(=O)O)c1)C(=O)N1CCC(c2ccc(Cl)cc2)C(C)(C)C1. The summed E-state index contributed by atoms with van der Waals surface area (Å²) in [6.45, 7) is 9.45. The molecule has 2 aromatic carbocycles. The Kier molecular flexibility index (Phi) is 8.03. The molecule has 2 aromatic rings. The van der Waals surface area contributed by atoms with Gasteiger partial charge < -0.3 is 15.3 Å². The summed E-state index contributed by atoms with van der Waals surface area (Å²) in [5.41, 5.74) is 1.32. The molecule has 0 aliphatic carbocycles. The van der Waals surface area contributed by atoms with E-state index in [1.54, 1.807) is 6.07 Å². The molecule has 3 atom stereocenters. The van der Waals surface area contributed by atoms with Crippen molar-refractivity contribution in [2.75, 3.05) is 13.1 Å². The molecule has 6 nitrogen and oxygen atoms in total. The zero-order valence-electron chi connectivity index (χ0n) is 20.2. The molecule has 1 heterocycles. The summed E-state index contributed by atoms with van der Waals surface area (Å²) in [5, 5.41) is 12.8. The van der Waals surface area contributed by atoms with Crippen LogP contribution in [-0.4, -0.2) is 46.9 Å². The second-order valence-corrected chi connectivity index (χ2v) is 10.3. The number of hydrogen-bond donors (Lipinski definition) is 2. The number of carbonyl (C=O) groups excluding carboxylic acids is 2. The Hall–Kier alpha value is -2.86. The first-order valence-electron chi connectivity index (χ1n) is 11.7. The molecule has 1 aliphatic rings. The van der Waals surface area contributed by atoms with Gasteiger partial charge in [0.15, 0.2) is 0 Å². The maximum absolute atomic E-state index is 13.6. The number of piperidine rings is 1. The molecule has 1 fully saturated rings. The summed E-state index contributed by atoms with van der Waals surface area (Å²) in [7, 11) is 0. The molecule has 1 saturated heterocycles. The lowest BCUT2D eigenvalue weighted by Gasteiger charge is -2.46. The predicted octanol–water partition coefficient (Wildman–Crippen LogP) is 5.23. The van der Waals surface area contributed by atoms with Gasteiger partial charge in [0.25, 0.3) is 5.91 Å². The van der Waals surface area contributed by atoms with Gasteiger partial charge in [0, 0.05) is 23.7 Å². The average Bonchev–Trinajstić information content (AvgIpc) is 2.81. The molecular formula is C27H33ClN2O4. The zero-order chi connectivity index (χ0) is 25.0. The second kappa shape index (κ2) is 10.6. The quantitative estimate of drug-likeness (QED) is 0.563. The van der Waals surface area contributed by atoms with E-state index < -0.39 is 17.9 Å². The summed E-state index contributed by atoms with van der Waals surface area (Å²) in [6, 6.07) is 13.1. The van der Waals surface area contributed by atoms with Crippen molar-refractivity contribution in [1.29, 1.82) is 0 Å². The van der Waals surface area contributed by atoms with Crippen LogP contribution in [0.4, 0.5) is 0 Å². The smallest absolute Gasteiger partial charge is 0.335 e. The largest absolute Gasteiger partial charge is 0.478 e. The van der Waals surface area contributed by atoms with Crippen molar-refractivity contribution in [1.82, 2.24) is 10.2 Å². The van der Waals surface area contributed by atoms with Crippen LogP contribution in [0.25, 0.3) is 0 Å². The molecule has 1 aliphatic heterocycles. The van der Waals surface area contributed by atoms with Crippen LogP contribution in [-0.2, 0) is 4.79 Å². The van der Waals surface area contributed by atoms with Crippen LogP contribution in [0.15, 0.2) is 48.5 Å². The monoisotopic (exact) mass is 484 g/mol. The van der Waals surface area contributed by atoms with E-state index in [1.807, 2.05) is 30.9 Å². The van der Waals surface area contributed by atoms with Crippen LogP contribution in [0.1, 0.15) is 72.7 Å². The van der Waals surface area contributed by atoms with Crippen molar-refractivity contribution in [3.63, 3.8) is 0 Å². The first-order chi connectivity index (χ1) is 16.0. The Balaban J connectivity index is 1.76. The average molecular weight is 485 g/mol. The van der Waals surface area contributed by atoms with Crippen molar-refractivity contribution in [3.05, 3.63) is 70.2 Å². The summed E-state index contributed by atoms with van der Waals surface area (Å²) in [6.07, 6.45) is 1.54. The molecule has 0 aromatic heterocycles. The molecule has 1 unspecified atom stereocenters. The first kappa shape index (κ1) is 25.8. The van der Waals surface area contributed by atoms with E-state index in [2.05, 4.69) is 31.3 Å². The third-order valence-corrected chi connectivity index (χ3v) is 7.20. The lowest BCUT2D eigenvalue weighted by Crippen LogP contribution is -2.56. The highest BCUT2D eigenvalue weighted by Crippen LogP contribution is 2.42. The maximum Gasteiger partial charge on any atom is 0.335 e. The van der Waals surface area contributed by atoms with E-state index in [9.17, 15) is 19.5 Å². The minimum absolute atomic E-state index is 0.0325. The van der Waals surface area contributed by atoms with E-state index in [4.69, 9.17) is 11.6 Å². The lowest BCUT2D eigenvalue weighted by molar-refractivity contribution is -0.138. The van der Waals surface area contributed by atoms with Crippen LogP contribution >= 0.6 is 11.6 Å². The Morgan fingerprint density at radius 3 is 2.38 bits per heavy atom. The van der Waals surface area contributed by atoms with Crippen LogP contribution < -0.4 is 5.32 Å². The fraction of sp³-hybridized carbons (Fsp3) is 0.444. The predicted molar refractivity (Wildman–Crippen MR) is 133 cm³/mol. The highest BCUT2D eigenvalue weighted by Gasteiger charge is 2.40. The van der Waals surface area contributed by atoms with Gasteiger partial charge in [0.05, 0.1) is 5.56 Å². The number of nitrogens with one attached hydrogen (secondary N) is 1. The molecule has 0 bridgehead atoms. The summed E-state index contributed by atoms with van der Waals surface area (Å²) < 4.78 is 0. The molecule has 34 heavy (non-hydrogen) atoms. The third kappa shape index (κ3) is 5.79. The van der Waals surface area contributed by atoms with Gasteiger partial charge in [0.1, 0.15) is 6.04 Å². The number of aromatic carboxylic acids is 1. The molecular weight excluding hydrogens is 452 g/mol. The number of carbonyl (C=O) groups is 3. The Morgan fingerprint density at radius 1 is 1.15 bits per heavy atom. The highest BCUT2D eigenvalue weighted by molar-refractivity contribution is 6.30. The molecule has 0 radical (unpaired) electrons. The van der Waals surface area contributed by atoms with Crippen molar-refractivity contribution >= 4 is 29.4 Å². The Labute approximate surface area is 206 Å². The highest BCUT2D eigenvalue weighted by atomic mass is 35.5. The number of rotatable bonds is 7. The first-order valence-corrected chi connectivity index (χ1v) is 12.1. The van der Waals surface area contributed by atoms with E-state index in [0.717, 1.165) is 12.8 Å². The third-order valence-electron chi connectivity index (χ3n) is 6.95. The van der Waals surface area contributed by atoms with E-state index in [-0.39, 0.29) is 28.4 Å². The molecule has 3 rings (SSSR count). The van der Waals surface area contributed by atoms with E-state index in [1.165, 1.54) is 23.8 Å². The topological polar surface area (TPSA) is 86.7 Å². The molecule has 182 valence electrons. The summed E-state index contributed by atoms with van der Waals surface area (Å²) in [5.74, 6) is -1.42. The number of carboxylic acids is 1. The number of nitrogens with zero attached hydrogens (tertiary/aromatic N) is 1. The second-order valence-electron chi connectivity index (χ2n) is 9.86. The number of hydrogen-bond acceptors (Lipinski definition) is 3. The molecule has 2 N–H and O–H groups in total. The van der Waals surface area contributed by atoms with E-state index in [0.29, 0.717) is 24.0 Å². The van der Waals surface area contributed by atoms with Crippen molar-refractivity contribution < 1.29 is 19.5 Å². The minimum atomic E-state index is -1.10. The number of halogens is 1. The van der Waals surface area contributed by atoms with Crippen LogP contribution in [0.3, 0.4) is 0 Å². The zero-order valence-corrected chi connectivity index (χ0v) is 20.9. The van der Waals surface area contributed by atoms with Gasteiger partial charge in [-0.15, -0.1) is 0 Å². The van der Waals surface area contributed by atoms with Gasteiger partial charge in [-0.3, -0.25) is 9.59 Å². The van der Waals surface area contributed by atoms with Gasteiger partial charge >= 0.3 is 5.97 Å². The Morgan fingerprint density at radius 2 is 1.79 bits per heavy atom. The molecule has 2 amide bonds.